The Labute approximate surface area is 131 Å². The number of halogens is 2. The zero-order valence-electron chi connectivity index (χ0n) is 11.7. The van der Waals surface area contributed by atoms with E-state index in [1.54, 1.807) is 30.3 Å². The van der Waals surface area contributed by atoms with E-state index in [1.807, 2.05) is 0 Å². The molecule has 2 rings (SSSR count). The van der Waals surface area contributed by atoms with Gasteiger partial charge in [-0.15, -0.1) is 0 Å². The van der Waals surface area contributed by atoms with E-state index in [1.165, 1.54) is 19.1 Å². The summed E-state index contributed by atoms with van der Waals surface area (Å²) < 4.78 is 18.0. The van der Waals surface area contributed by atoms with E-state index in [9.17, 15) is 14.0 Å². The summed E-state index contributed by atoms with van der Waals surface area (Å²) in [6.07, 6.45) is -1.02. The maximum atomic E-state index is 12.9. The second-order valence-electron chi connectivity index (χ2n) is 4.53. The molecule has 0 fully saturated rings. The van der Waals surface area contributed by atoms with E-state index >= 15 is 0 Å². The van der Waals surface area contributed by atoms with Gasteiger partial charge < -0.3 is 10.1 Å². The molecule has 2 aromatic rings. The quantitative estimate of drug-likeness (QED) is 0.874. The monoisotopic (exact) mass is 321 g/mol. The van der Waals surface area contributed by atoms with Gasteiger partial charge in [0.15, 0.2) is 6.10 Å². The van der Waals surface area contributed by atoms with Crippen molar-refractivity contribution in [3.8, 4) is 0 Å². The predicted octanol–water partition coefficient (Wildman–Crippen LogP) is 3.66. The maximum absolute atomic E-state index is 12.9. The first-order valence-electron chi connectivity index (χ1n) is 6.49. The highest BCUT2D eigenvalue weighted by Crippen LogP contribution is 2.22. The summed E-state index contributed by atoms with van der Waals surface area (Å²) >= 11 is 5.82. The van der Waals surface area contributed by atoms with Crippen LogP contribution in [0.5, 0.6) is 0 Å². The van der Waals surface area contributed by atoms with Crippen molar-refractivity contribution in [2.45, 2.75) is 13.0 Å². The molecule has 114 valence electrons. The second-order valence-corrected chi connectivity index (χ2v) is 4.93. The number of anilines is 1. The Morgan fingerprint density at radius 1 is 1.18 bits per heavy atom. The Bertz CT molecular complexity index is 691. The molecule has 0 aliphatic heterocycles. The second kappa shape index (κ2) is 7.04. The van der Waals surface area contributed by atoms with E-state index in [-0.39, 0.29) is 10.7 Å². The normalized spacial score (nSPS) is 11.6. The number of carbonyl (C=O) groups excluding carboxylic acids is 2. The molecular formula is C16H13ClFNO3. The van der Waals surface area contributed by atoms with Crippen LogP contribution in [0, 0.1) is 5.82 Å². The number of amides is 1. The third-order valence-corrected chi connectivity index (χ3v) is 3.16. The molecule has 22 heavy (non-hydrogen) atoms. The van der Waals surface area contributed by atoms with Crippen molar-refractivity contribution in [3.63, 3.8) is 0 Å². The van der Waals surface area contributed by atoms with Gasteiger partial charge in [-0.2, -0.15) is 0 Å². The number of benzene rings is 2. The van der Waals surface area contributed by atoms with Crippen molar-refractivity contribution in [1.82, 2.24) is 0 Å². The average molecular weight is 322 g/mol. The molecule has 0 heterocycles. The first-order valence-corrected chi connectivity index (χ1v) is 6.87. The van der Waals surface area contributed by atoms with Gasteiger partial charge >= 0.3 is 5.97 Å². The molecule has 0 radical (unpaired) electrons. The van der Waals surface area contributed by atoms with Crippen LogP contribution in [-0.2, 0) is 9.53 Å². The van der Waals surface area contributed by atoms with Crippen molar-refractivity contribution in [1.29, 1.82) is 0 Å². The molecule has 2 aromatic carbocycles. The summed E-state index contributed by atoms with van der Waals surface area (Å²) in [4.78, 5) is 23.8. The summed E-state index contributed by atoms with van der Waals surface area (Å²) in [6, 6.07) is 11.9. The number of nitrogens with one attached hydrogen (secondary N) is 1. The van der Waals surface area contributed by atoms with Crippen LogP contribution in [-0.4, -0.2) is 18.0 Å². The molecule has 0 saturated carbocycles. The molecule has 0 aromatic heterocycles. The standard InChI is InChI=1S/C16H13ClFNO3/c1-10(22-16(21)11-5-3-2-4-6-11)15(20)19-14-8-7-12(18)9-13(14)17/h2-10H,1H3,(H,19,20)/t10-/m1/s1. The molecular weight excluding hydrogens is 309 g/mol. The van der Waals surface area contributed by atoms with Crippen molar-refractivity contribution in [2.24, 2.45) is 0 Å². The van der Waals surface area contributed by atoms with Crippen molar-refractivity contribution in [3.05, 3.63) is 64.9 Å². The van der Waals surface area contributed by atoms with Crippen LogP contribution in [0.1, 0.15) is 17.3 Å². The minimum atomic E-state index is -1.02. The minimum absolute atomic E-state index is 0.0648. The maximum Gasteiger partial charge on any atom is 0.338 e. The van der Waals surface area contributed by atoms with E-state index in [2.05, 4.69) is 5.32 Å². The Morgan fingerprint density at radius 2 is 1.86 bits per heavy atom. The van der Waals surface area contributed by atoms with E-state index < -0.39 is 23.8 Å². The first-order chi connectivity index (χ1) is 10.5. The molecule has 0 spiro atoms. The number of hydrogen-bond acceptors (Lipinski definition) is 3. The van der Waals surface area contributed by atoms with Gasteiger partial charge in [-0.3, -0.25) is 4.79 Å². The van der Waals surface area contributed by atoms with Gasteiger partial charge in [-0.05, 0) is 37.3 Å². The molecule has 1 atom stereocenters. The zero-order chi connectivity index (χ0) is 16.1. The highest BCUT2D eigenvalue weighted by Gasteiger charge is 2.19. The van der Waals surface area contributed by atoms with Crippen LogP contribution in [0.2, 0.25) is 5.02 Å². The number of carbonyl (C=O) groups is 2. The Balaban J connectivity index is 1.99. The lowest BCUT2D eigenvalue weighted by atomic mass is 10.2. The number of ether oxygens (including phenoxy) is 1. The van der Waals surface area contributed by atoms with E-state index in [0.29, 0.717) is 5.56 Å². The topological polar surface area (TPSA) is 55.4 Å². The van der Waals surface area contributed by atoms with Crippen LogP contribution in [0.25, 0.3) is 0 Å². The zero-order valence-corrected chi connectivity index (χ0v) is 12.4. The summed E-state index contributed by atoms with van der Waals surface area (Å²) in [6.45, 7) is 1.44. The highest BCUT2D eigenvalue weighted by atomic mass is 35.5. The summed E-state index contributed by atoms with van der Waals surface area (Å²) in [7, 11) is 0. The predicted molar refractivity (Wildman–Crippen MR) is 81.4 cm³/mol. The number of esters is 1. The average Bonchev–Trinajstić information content (AvgIpc) is 2.50. The Kier molecular flexibility index (Phi) is 5.12. The number of rotatable bonds is 4. The smallest absolute Gasteiger partial charge is 0.338 e. The van der Waals surface area contributed by atoms with Gasteiger partial charge in [-0.25, -0.2) is 9.18 Å². The molecule has 0 unspecified atom stereocenters. The van der Waals surface area contributed by atoms with Crippen LogP contribution in [0.4, 0.5) is 10.1 Å². The molecule has 6 heteroatoms. The summed E-state index contributed by atoms with van der Waals surface area (Å²) in [5.41, 5.74) is 0.595. The summed E-state index contributed by atoms with van der Waals surface area (Å²) in [5, 5.41) is 2.54. The number of hydrogen-bond donors (Lipinski definition) is 1. The van der Waals surface area contributed by atoms with Gasteiger partial charge in [-0.1, -0.05) is 29.8 Å². The minimum Gasteiger partial charge on any atom is -0.449 e. The van der Waals surface area contributed by atoms with E-state index in [4.69, 9.17) is 16.3 Å². The van der Waals surface area contributed by atoms with Crippen LogP contribution in [0.15, 0.2) is 48.5 Å². The van der Waals surface area contributed by atoms with Crippen LogP contribution in [0.3, 0.4) is 0 Å². The molecule has 0 bridgehead atoms. The van der Waals surface area contributed by atoms with Gasteiger partial charge in [0.2, 0.25) is 0 Å². The fourth-order valence-corrected chi connectivity index (χ4v) is 1.90. The third kappa shape index (κ3) is 4.05. The van der Waals surface area contributed by atoms with Gasteiger partial charge in [0, 0.05) is 0 Å². The first kappa shape index (κ1) is 16.0. The van der Waals surface area contributed by atoms with Crippen LogP contribution >= 0.6 is 11.6 Å². The lowest BCUT2D eigenvalue weighted by Crippen LogP contribution is -2.30. The Morgan fingerprint density at radius 3 is 2.50 bits per heavy atom. The molecule has 1 N–H and O–H groups in total. The fraction of sp³-hybridized carbons (Fsp3) is 0.125. The Hall–Kier alpha value is -2.40. The van der Waals surface area contributed by atoms with Crippen molar-refractivity contribution in [2.75, 3.05) is 5.32 Å². The molecule has 0 aliphatic rings. The third-order valence-electron chi connectivity index (χ3n) is 2.85. The van der Waals surface area contributed by atoms with Crippen molar-refractivity contribution < 1.29 is 18.7 Å². The van der Waals surface area contributed by atoms with Crippen molar-refractivity contribution >= 4 is 29.2 Å². The summed E-state index contributed by atoms with van der Waals surface area (Å²) in [5.74, 6) is -1.67. The molecule has 1 amide bonds. The van der Waals surface area contributed by atoms with Gasteiger partial charge in [0.05, 0.1) is 16.3 Å². The van der Waals surface area contributed by atoms with Gasteiger partial charge in [0.25, 0.3) is 5.91 Å². The highest BCUT2D eigenvalue weighted by molar-refractivity contribution is 6.33. The van der Waals surface area contributed by atoms with Gasteiger partial charge in [0.1, 0.15) is 5.82 Å². The van der Waals surface area contributed by atoms with E-state index in [0.717, 1.165) is 6.07 Å². The SMILES string of the molecule is C[C@@H](OC(=O)c1ccccc1)C(=O)Nc1ccc(F)cc1Cl. The fourth-order valence-electron chi connectivity index (χ4n) is 1.68. The largest absolute Gasteiger partial charge is 0.449 e. The molecule has 4 nitrogen and oxygen atoms in total. The lowest BCUT2D eigenvalue weighted by Gasteiger charge is -2.14. The molecule has 0 saturated heterocycles. The molecule has 0 aliphatic carbocycles. The lowest BCUT2D eigenvalue weighted by molar-refractivity contribution is -0.123. The van der Waals surface area contributed by atoms with Crippen LogP contribution < -0.4 is 5.32 Å².